The van der Waals surface area contributed by atoms with Gasteiger partial charge in [-0.1, -0.05) is 48.8 Å². The number of benzene rings is 2. The van der Waals surface area contributed by atoms with E-state index in [2.05, 4.69) is 10.5 Å². The molecule has 0 saturated heterocycles. The molecule has 0 aliphatic carbocycles. The van der Waals surface area contributed by atoms with Crippen molar-refractivity contribution in [2.24, 2.45) is 16.8 Å². The molecule has 0 aromatic heterocycles. The maximum atomic E-state index is 12.3. The molecule has 2 aromatic carbocycles. The minimum absolute atomic E-state index is 0.0601. The molecule has 0 bridgehead atoms. The van der Waals surface area contributed by atoms with Gasteiger partial charge in [0.1, 0.15) is 0 Å². The first-order valence-corrected chi connectivity index (χ1v) is 6.92. The molecule has 0 fully saturated rings. The largest absolute Gasteiger partial charge is 0.409 e. The fourth-order valence-electron chi connectivity index (χ4n) is 2.27. The number of amidine groups is 1. The van der Waals surface area contributed by atoms with Gasteiger partial charge in [0.2, 0.25) is 5.91 Å². The van der Waals surface area contributed by atoms with Crippen LogP contribution >= 0.6 is 0 Å². The van der Waals surface area contributed by atoms with E-state index in [1.165, 1.54) is 0 Å². The van der Waals surface area contributed by atoms with Crippen molar-refractivity contribution in [3.63, 3.8) is 0 Å². The van der Waals surface area contributed by atoms with Gasteiger partial charge < -0.3 is 16.3 Å². The van der Waals surface area contributed by atoms with Crippen molar-refractivity contribution in [2.75, 3.05) is 5.32 Å². The second-order valence-corrected chi connectivity index (χ2v) is 4.92. The number of anilines is 1. The van der Waals surface area contributed by atoms with Crippen molar-refractivity contribution < 1.29 is 10.0 Å². The van der Waals surface area contributed by atoms with Gasteiger partial charge in [0, 0.05) is 5.69 Å². The lowest BCUT2D eigenvalue weighted by atomic mass is 10.0. The summed E-state index contributed by atoms with van der Waals surface area (Å²) in [6.45, 7) is 1.95. The van der Waals surface area contributed by atoms with E-state index in [0.717, 1.165) is 17.2 Å². The Labute approximate surface area is 123 Å². The maximum Gasteiger partial charge on any atom is 0.235 e. The van der Waals surface area contributed by atoms with E-state index in [9.17, 15) is 4.79 Å². The van der Waals surface area contributed by atoms with Crippen LogP contribution in [0.1, 0.15) is 19.8 Å². The van der Waals surface area contributed by atoms with Crippen LogP contribution in [0.25, 0.3) is 10.8 Å². The summed E-state index contributed by atoms with van der Waals surface area (Å²) >= 11 is 0. The number of hydrogen-bond donors (Lipinski definition) is 3. The number of rotatable bonds is 5. The normalized spacial score (nSPS) is 13.1. The molecule has 0 saturated carbocycles. The molecule has 2 rings (SSSR count). The summed E-state index contributed by atoms with van der Waals surface area (Å²) in [4.78, 5) is 12.3. The molecule has 5 nitrogen and oxygen atoms in total. The highest BCUT2D eigenvalue weighted by Gasteiger charge is 2.22. The van der Waals surface area contributed by atoms with Crippen molar-refractivity contribution in [2.45, 2.75) is 19.8 Å². The minimum atomic E-state index is -0.619. The summed E-state index contributed by atoms with van der Waals surface area (Å²) in [5.74, 6) is -0.941. The average Bonchev–Trinajstić information content (AvgIpc) is 2.51. The van der Waals surface area contributed by atoms with E-state index in [-0.39, 0.29) is 11.7 Å². The number of fused-ring (bicyclic) bond motifs is 1. The van der Waals surface area contributed by atoms with Crippen LogP contribution in [-0.2, 0) is 4.79 Å². The third kappa shape index (κ3) is 3.51. The molecule has 0 heterocycles. The van der Waals surface area contributed by atoms with Gasteiger partial charge in [-0.15, -0.1) is 0 Å². The van der Waals surface area contributed by atoms with E-state index in [1.807, 2.05) is 49.4 Å². The average molecular weight is 285 g/mol. The van der Waals surface area contributed by atoms with Crippen molar-refractivity contribution in [1.82, 2.24) is 0 Å². The Balaban J connectivity index is 2.19. The molecule has 0 spiro atoms. The number of amides is 1. The first-order valence-electron chi connectivity index (χ1n) is 6.92. The smallest absolute Gasteiger partial charge is 0.235 e. The van der Waals surface area contributed by atoms with Crippen LogP contribution in [0.5, 0.6) is 0 Å². The molecule has 1 amide bonds. The zero-order valence-electron chi connectivity index (χ0n) is 11.9. The summed E-state index contributed by atoms with van der Waals surface area (Å²) in [6, 6.07) is 13.6. The molecule has 5 heteroatoms. The van der Waals surface area contributed by atoms with Crippen LogP contribution in [0.2, 0.25) is 0 Å². The number of nitrogens with zero attached hydrogens (tertiary/aromatic N) is 1. The van der Waals surface area contributed by atoms with Gasteiger partial charge in [-0.3, -0.25) is 4.79 Å². The molecular weight excluding hydrogens is 266 g/mol. The topological polar surface area (TPSA) is 87.7 Å². The monoisotopic (exact) mass is 285 g/mol. The molecule has 0 radical (unpaired) electrons. The van der Waals surface area contributed by atoms with Crippen LogP contribution in [0, 0.1) is 5.92 Å². The second-order valence-electron chi connectivity index (χ2n) is 4.92. The quantitative estimate of drug-likeness (QED) is 0.341. The number of hydrogen-bond acceptors (Lipinski definition) is 3. The highest BCUT2D eigenvalue weighted by Crippen LogP contribution is 2.20. The lowest BCUT2D eigenvalue weighted by molar-refractivity contribution is -0.118. The lowest BCUT2D eigenvalue weighted by Crippen LogP contribution is -2.34. The minimum Gasteiger partial charge on any atom is -0.409 e. The Hall–Kier alpha value is -2.56. The van der Waals surface area contributed by atoms with Crippen LogP contribution in [0.4, 0.5) is 5.69 Å². The van der Waals surface area contributed by atoms with E-state index in [0.29, 0.717) is 12.1 Å². The van der Waals surface area contributed by atoms with Crippen LogP contribution < -0.4 is 11.1 Å². The highest BCUT2D eigenvalue weighted by atomic mass is 16.4. The first-order chi connectivity index (χ1) is 10.2. The Morgan fingerprint density at radius 3 is 2.67 bits per heavy atom. The van der Waals surface area contributed by atoms with E-state index in [4.69, 9.17) is 10.9 Å². The summed E-state index contributed by atoms with van der Waals surface area (Å²) in [5.41, 5.74) is 6.29. The van der Waals surface area contributed by atoms with Crippen LogP contribution in [-0.4, -0.2) is 17.0 Å². The predicted octanol–water partition coefficient (Wildman–Crippen LogP) is 2.94. The Morgan fingerprint density at radius 2 is 2.00 bits per heavy atom. The van der Waals surface area contributed by atoms with Gasteiger partial charge in [0.25, 0.3) is 0 Å². The predicted molar refractivity (Wildman–Crippen MR) is 84.4 cm³/mol. The van der Waals surface area contributed by atoms with E-state index in [1.54, 1.807) is 0 Å². The van der Waals surface area contributed by atoms with Gasteiger partial charge in [0.15, 0.2) is 5.84 Å². The van der Waals surface area contributed by atoms with E-state index < -0.39 is 5.92 Å². The van der Waals surface area contributed by atoms with Gasteiger partial charge in [-0.25, -0.2) is 0 Å². The summed E-state index contributed by atoms with van der Waals surface area (Å²) in [5, 5.41) is 16.7. The molecule has 0 aliphatic rings. The molecule has 1 unspecified atom stereocenters. The Bertz CT molecular complexity index is 667. The summed E-state index contributed by atoms with van der Waals surface area (Å²) in [7, 11) is 0. The van der Waals surface area contributed by atoms with Gasteiger partial charge in [-0.05, 0) is 29.3 Å². The van der Waals surface area contributed by atoms with Gasteiger partial charge >= 0.3 is 0 Å². The molecule has 4 N–H and O–H groups in total. The second kappa shape index (κ2) is 6.74. The number of oxime groups is 1. The van der Waals surface area contributed by atoms with Crippen LogP contribution in [0.3, 0.4) is 0 Å². The Morgan fingerprint density at radius 1 is 1.29 bits per heavy atom. The van der Waals surface area contributed by atoms with Crippen molar-refractivity contribution in [3.05, 3.63) is 42.5 Å². The first kappa shape index (κ1) is 14.8. The maximum absolute atomic E-state index is 12.3. The third-order valence-corrected chi connectivity index (χ3v) is 3.38. The van der Waals surface area contributed by atoms with Crippen LogP contribution in [0.15, 0.2) is 47.6 Å². The fourth-order valence-corrected chi connectivity index (χ4v) is 2.27. The zero-order valence-corrected chi connectivity index (χ0v) is 11.9. The fraction of sp³-hybridized carbons (Fsp3) is 0.250. The number of carbonyl (C=O) groups excluding carboxylic acids is 1. The summed E-state index contributed by atoms with van der Waals surface area (Å²) in [6.07, 6.45) is 1.31. The standard InChI is InChI=1S/C16H19N3O2/c1-2-5-14(15(17)19-21)16(20)18-13-9-8-11-6-3-4-7-12(11)10-13/h3-4,6-10,14,21H,2,5H2,1H3,(H2,17,19)(H,18,20). The van der Waals surface area contributed by atoms with Gasteiger partial charge in [0.05, 0.1) is 5.92 Å². The third-order valence-electron chi connectivity index (χ3n) is 3.38. The summed E-state index contributed by atoms with van der Waals surface area (Å²) < 4.78 is 0. The van der Waals surface area contributed by atoms with Crippen molar-refractivity contribution in [1.29, 1.82) is 0 Å². The lowest BCUT2D eigenvalue weighted by Gasteiger charge is -2.15. The molecular formula is C16H19N3O2. The zero-order chi connectivity index (χ0) is 15.2. The molecule has 0 aliphatic heterocycles. The number of carbonyl (C=O) groups is 1. The Kier molecular flexibility index (Phi) is 4.77. The molecule has 110 valence electrons. The van der Waals surface area contributed by atoms with Gasteiger partial charge in [-0.2, -0.15) is 0 Å². The highest BCUT2D eigenvalue weighted by molar-refractivity contribution is 6.08. The van der Waals surface area contributed by atoms with Crippen molar-refractivity contribution in [3.8, 4) is 0 Å². The molecule has 1 atom stereocenters. The molecule has 2 aromatic rings. The molecule has 21 heavy (non-hydrogen) atoms. The SMILES string of the molecule is CCCC(C(=O)Nc1ccc2ccccc2c1)C(N)=NO. The number of nitrogens with two attached hydrogens (primary N) is 1. The van der Waals surface area contributed by atoms with E-state index >= 15 is 0 Å². The van der Waals surface area contributed by atoms with Crippen molar-refractivity contribution >= 4 is 28.2 Å². The number of nitrogens with one attached hydrogen (secondary N) is 1.